The van der Waals surface area contributed by atoms with Gasteiger partial charge in [0.2, 0.25) is 5.91 Å². The lowest BCUT2D eigenvalue weighted by Gasteiger charge is -2.40. The van der Waals surface area contributed by atoms with Gasteiger partial charge >= 0.3 is 0 Å². The van der Waals surface area contributed by atoms with E-state index in [0.717, 1.165) is 25.3 Å². The van der Waals surface area contributed by atoms with Crippen LogP contribution in [0.5, 0.6) is 0 Å². The first-order chi connectivity index (χ1) is 8.15. The first kappa shape index (κ1) is 12.9. The fourth-order valence-corrected chi connectivity index (χ4v) is 3.30. The number of carbonyl (C=O) groups excluding carboxylic acids is 1. The molecule has 2 atom stereocenters. The molecule has 0 aromatic heterocycles. The molecule has 1 amide bonds. The van der Waals surface area contributed by atoms with Crippen LogP contribution in [0.25, 0.3) is 0 Å². The number of rotatable bonds is 5. The Bertz CT molecular complexity index is 268. The lowest BCUT2D eigenvalue weighted by atomic mass is 9.66. The first-order valence-electron chi connectivity index (χ1n) is 7.12. The molecule has 3 N–H and O–H groups in total. The zero-order valence-electron chi connectivity index (χ0n) is 11.0. The molecule has 0 spiro atoms. The van der Waals surface area contributed by atoms with Crippen molar-refractivity contribution < 1.29 is 4.79 Å². The molecule has 0 saturated heterocycles. The van der Waals surface area contributed by atoms with Gasteiger partial charge in [0.15, 0.2) is 0 Å². The highest BCUT2D eigenvalue weighted by Gasteiger charge is 2.37. The normalized spacial score (nSPS) is 30.9. The monoisotopic (exact) mass is 238 g/mol. The van der Waals surface area contributed by atoms with Crippen molar-refractivity contribution in [2.75, 3.05) is 13.1 Å². The van der Waals surface area contributed by atoms with E-state index in [9.17, 15) is 4.79 Å². The molecule has 0 aliphatic heterocycles. The third kappa shape index (κ3) is 3.01. The topological polar surface area (TPSA) is 55.1 Å². The summed E-state index contributed by atoms with van der Waals surface area (Å²) in [5.74, 6) is 1.70. The number of nitrogens with two attached hydrogens (primary N) is 1. The zero-order chi connectivity index (χ0) is 12.3. The van der Waals surface area contributed by atoms with E-state index in [1.807, 2.05) is 0 Å². The van der Waals surface area contributed by atoms with E-state index in [2.05, 4.69) is 12.2 Å². The molecule has 98 valence electrons. The fraction of sp³-hybridized carbons (Fsp3) is 0.929. The van der Waals surface area contributed by atoms with Gasteiger partial charge in [-0.3, -0.25) is 4.79 Å². The average molecular weight is 238 g/mol. The minimum absolute atomic E-state index is 0.144. The highest BCUT2D eigenvalue weighted by molar-refractivity contribution is 5.76. The first-order valence-corrected chi connectivity index (χ1v) is 7.12. The third-order valence-corrected chi connectivity index (χ3v) is 4.98. The lowest BCUT2D eigenvalue weighted by molar-refractivity contribution is -0.124. The van der Waals surface area contributed by atoms with Gasteiger partial charge in [-0.1, -0.05) is 26.2 Å². The van der Waals surface area contributed by atoms with Crippen molar-refractivity contribution in [3.05, 3.63) is 0 Å². The Labute approximate surface area is 105 Å². The highest BCUT2D eigenvalue weighted by atomic mass is 16.1. The largest absolute Gasteiger partial charge is 0.356 e. The van der Waals surface area contributed by atoms with Crippen LogP contribution >= 0.6 is 0 Å². The van der Waals surface area contributed by atoms with E-state index in [4.69, 9.17) is 5.73 Å². The van der Waals surface area contributed by atoms with Crippen molar-refractivity contribution in [2.24, 2.45) is 23.0 Å². The fourth-order valence-electron chi connectivity index (χ4n) is 3.30. The van der Waals surface area contributed by atoms with Gasteiger partial charge in [-0.05, 0) is 43.1 Å². The molecule has 2 saturated carbocycles. The summed E-state index contributed by atoms with van der Waals surface area (Å²) in [6.07, 6.45) is 8.09. The molecule has 3 heteroatoms. The van der Waals surface area contributed by atoms with Crippen molar-refractivity contribution in [3.8, 4) is 0 Å². The van der Waals surface area contributed by atoms with Crippen molar-refractivity contribution in [1.29, 1.82) is 0 Å². The van der Waals surface area contributed by atoms with E-state index < -0.39 is 0 Å². The molecular weight excluding hydrogens is 212 g/mol. The van der Waals surface area contributed by atoms with Gasteiger partial charge in [0.05, 0.1) is 0 Å². The van der Waals surface area contributed by atoms with Crippen LogP contribution in [0.2, 0.25) is 0 Å². The van der Waals surface area contributed by atoms with E-state index >= 15 is 0 Å². The lowest BCUT2D eigenvalue weighted by Crippen LogP contribution is -2.42. The smallest absolute Gasteiger partial charge is 0.220 e. The van der Waals surface area contributed by atoms with Crippen molar-refractivity contribution >= 4 is 5.91 Å². The Hall–Kier alpha value is -0.570. The Kier molecular flexibility index (Phi) is 4.08. The van der Waals surface area contributed by atoms with Crippen LogP contribution < -0.4 is 11.1 Å². The summed E-state index contributed by atoms with van der Waals surface area (Å²) in [5.41, 5.74) is 5.92. The Morgan fingerprint density at radius 3 is 2.59 bits per heavy atom. The van der Waals surface area contributed by atoms with E-state index in [1.54, 1.807) is 0 Å². The average Bonchev–Trinajstić information content (AvgIpc) is 2.67. The molecule has 0 aromatic carbocycles. The van der Waals surface area contributed by atoms with Gasteiger partial charge in [-0.15, -0.1) is 0 Å². The Balaban J connectivity index is 1.70. The van der Waals surface area contributed by atoms with Crippen LogP contribution in [-0.4, -0.2) is 19.0 Å². The molecular formula is C14H26N2O. The predicted octanol–water partition coefficient (Wildman–Crippen LogP) is 2.06. The quantitative estimate of drug-likeness (QED) is 0.770. The minimum Gasteiger partial charge on any atom is -0.356 e. The summed E-state index contributed by atoms with van der Waals surface area (Å²) >= 11 is 0. The molecule has 0 heterocycles. The maximum Gasteiger partial charge on any atom is 0.220 e. The summed E-state index contributed by atoms with van der Waals surface area (Å²) < 4.78 is 0. The van der Waals surface area contributed by atoms with Gasteiger partial charge in [0.25, 0.3) is 0 Å². The Morgan fingerprint density at radius 2 is 2.12 bits per heavy atom. The molecule has 17 heavy (non-hydrogen) atoms. The van der Waals surface area contributed by atoms with Crippen molar-refractivity contribution in [2.45, 2.75) is 51.9 Å². The predicted molar refractivity (Wildman–Crippen MR) is 69.5 cm³/mol. The molecule has 2 unspecified atom stereocenters. The van der Waals surface area contributed by atoms with E-state index in [-0.39, 0.29) is 11.3 Å². The second kappa shape index (κ2) is 5.38. The van der Waals surface area contributed by atoms with Gasteiger partial charge in [-0.25, -0.2) is 0 Å². The van der Waals surface area contributed by atoms with Gasteiger partial charge < -0.3 is 11.1 Å². The second-order valence-corrected chi connectivity index (χ2v) is 6.21. The summed E-state index contributed by atoms with van der Waals surface area (Å²) in [6.45, 7) is 3.85. The zero-order valence-corrected chi connectivity index (χ0v) is 11.0. The molecule has 0 radical (unpaired) electrons. The SMILES string of the molecule is CC1CCCC1CNC(=O)CC1(CN)CCC1. The number of hydrogen-bond donors (Lipinski definition) is 2. The molecule has 0 bridgehead atoms. The van der Waals surface area contributed by atoms with Gasteiger partial charge in [0, 0.05) is 13.0 Å². The van der Waals surface area contributed by atoms with Crippen LogP contribution in [0.15, 0.2) is 0 Å². The van der Waals surface area contributed by atoms with Crippen LogP contribution in [0.4, 0.5) is 0 Å². The summed E-state index contributed by atoms with van der Waals surface area (Å²) in [4.78, 5) is 11.9. The number of amides is 1. The molecule has 2 aliphatic rings. The van der Waals surface area contributed by atoms with E-state index in [1.165, 1.54) is 25.7 Å². The van der Waals surface area contributed by atoms with Crippen LogP contribution in [-0.2, 0) is 4.79 Å². The summed E-state index contributed by atoms with van der Waals surface area (Å²) in [6, 6.07) is 0. The number of hydrogen-bond acceptors (Lipinski definition) is 2. The van der Waals surface area contributed by atoms with Crippen LogP contribution in [0.1, 0.15) is 51.9 Å². The van der Waals surface area contributed by atoms with E-state index in [0.29, 0.717) is 18.9 Å². The van der Waals surface area contributed by atoms with Crippen LogP contribution in [0.3, 0.4) is 0 Å². The molecule has 2 aliphatic carbocycles. The molecule has 2 rings (SSSR count). The maximum atomic E-state index is 11.9. The van der Waals surface area contributed by atoms with Gasteiger partial charge in [-0.2, -0.15) is 0 Å². The second-order valence-electron chi connectivity index (χ2n) is 6.21. The summed E-state index contributed by atoms with van der Waals surface area (Å²) in [5, 5.41) is 3.12. The maximum absolute atomic E-state index is 11.9. The van der Waals surface area contributed by atoms with Crippen molar-refractivity contribution in [3.63, 3.8) is 0 Å². The molecule has 0 aromatic rings. The third-order valence-electron chi connectivity index (χ3n) is 4.98. The Morgan fingerprint density at radius 1 is 1.35 bits per heavy atom. The molecule has 2 fully saturated rings. The molecule has 3 nitrogen and oxygen atoms in total. The van der Waals surface area contributed by atoms with Crippen molar-refractivity contribution in [1.82, 2.24) is 5.32 Å². The van der Waals surface area contributed by atoms with Crippen LogP contribution in [0, 0.1) is 17.3 Å². The van der Waals surface area contributed by atoms with Gasteiger partial charge in [0.1, 0.15) is 0 Å². The highest BCUT2D eigenvalue weighted by Crippen LogP contribution is 2.42. The number of nitrogens with one attached hydrogen (secondary N) is 1. The standard InChI is InChI=1S/C14H26N2O/c1-11-4-2-5-12(11)9-16-13(17)8-14(10-15)6-3-7-14/h11-12H,2-10,15H2,1H3,(H,16,17). The number of carbonyl (C=O) groups is 1. The summed E-state index contributed by atoms with van der Waals surface area (Å²) in [7, 11) is 0. The minimum atomic E-state index is 0.144.